The van der Waals surface area contributed by atoms with E-state index in [4.69, 9.17) is 0 Å². The van der Waals surface area contributed by atoms with E-state index in [9.17, 15) is 9.59 Å². The number of amides is 1. The molecule has 1 amide bonds. The third kappa shape index (κ3) is 2.97. The van der Waals surface area contributed by atoms with Crippen molar-refractivity contribution in [3.8, 4) is 0 Å². The van der Waals surface area contributed by atoms with Crippen molar-refractivity contribution >= 4 is 27.5 Å². The maximum atomic E-state index is 12.8. The van der Waals surface area contributed by atoms with E-state index in [-0.39, 0.29) is 24.1 Å². The number of hydrogen-bond acceptors (Lipinski definition) is 5. The first-order valence-electron chi connectivity index (χ1n) is 8.90. The third-order valence-electron chi connectivity index (χ3n) is 5.11. The highest BCUT2D eigenvalue weighted by Gasteiger charge is 2.22. The fourth-order valence-corrected chi connectivity index (χ4v) is 5.06. The Morgan fingerprint density at radius 3 is 2.79 bits per heavy atom. The first-order valence-corrected chi connectivity index (χ1v) is 9.71. The monoisotopic (exact) mass is 346 g/mol. The summed E-state index contributed by atoms with van der Waals surface area (Å²) in [5, 5.41) is 11.9. The van der Waals surface area contributed by atoms with E-state index in [0.717, 1.165) is 55.3 Å². The largest absolute Gasteiger partial charge is 0.352 e. The van der Waals surface area contributed by atoms with Gasteiger partial charge >= 0.3 is 0 Å². The van der Waals surface area contributed by atoms with E-state index >= 15 is 0 Å². The number of rotatable bonds is 3. The highest BCUT2D eigenvalue weighted by Crippen LogP contribution is 2.33. The molecule has 4 rings (SSSR count). The van der Waals surface area contributed by atoms with Gasteiger partial charge in [0.1, 0.15) is 6.54 Å². The quantitative estimate of drug-likeness (QED) is 0.924. The molecule has 7 heteroatoms. The zero-order chi connectivity index (χ0) is 16.5. The molecule has 0 aliphatic heterocycles. The van der Waals surface area contributed by atoms with Crippen molar-refractivity contribution in [3.63, 3.8) is 0 Å². The molecule has 24 heavy (non-hydrogen) atoms. The Hall–Kier alpha value is -1.76. The number of aromatic nitrogens is 3. The summed E-state index contributed by atoms with van der Waals surface area (Å²) in [5.74, 6) is -0.137. The molecule has 1 saturated carbocycles. The number of carbonyl (C=O) groups excluding carboxylic acids is 1. The average molecular weight is 346 g/mol. The summed E-state index contributed by atoms with van der Waals surface area (Å²) in [5.41, 5.74) is 0.973. The van der Waals surface area contributed by atoms with Crippen LogP contribution in [0.3, 0.4) is 0 Å². The Morgan fingerprint density at radius 2 is 1.96 bits per heavy atom. The molecule has 2 aliphatic rings. The van der Waals surface area contributed by atoms with Gasteiger partial charge in [0.05, 0.1) is 5.39 Å². The molecule has 0 saturated heterocycles. The standard InChI is InChI=1S/C17H22N4O2S/c22-14(18-11-6-2-1-3-7-11)10-21-17(23)15-12-8-4-5-9-13(12)24-16(15)19-20-21/h11H,1-10H2,(H,18,22). The third-order valence-corrected chi connectivity index (χ3v) is 6.28. The van der Waals surface area contributed by atoms with Crippen molar-refractivity contribution in [1.82, 2.24) is 20.3 Å². The van der Waals surface area contributed by atoms with Crippen LogP contribution in [0.25, 0.3) is 10.2 Å². The van der Waals surface area contributed by atoms with Crippen molar-refractivity contribution in [3.05, 3.63) is 20.8 Å². The van der Waals surface area contributed by atoms with E-state index in [1.165, 1.54) is 22.4 Å². The maximum Gasteiger partial charge on any atom is 0.279 e. The Labute approximate surface area is 144 Å². The van der Waals surface area contributed by atoms with Crippen molar-refractivity contribution in [2.45, 2.75) is 70.4 Å². The van der Waals surface area contributed by atoms with E-state index in [1.807, 2.05) is 0 Å². The lowest BCUT2D eigenvalue weighted by Gasteiger charge is -2.22. The molecule has 1 fully saturated rings. The summed E-state index contributed by atoms with van der Waals surface area (Å²) in [4.78, 5) is 27.0. The van der Waals surface area contributed by atoms with Crippen LogP contribution in [0.2, 0.25) is 0 Å². The minimum Gasteiger partial charge on any atom is -0.352 e. The number of nitrogens with zero attached hydrogens (tertiary/aromatic N) is 3. The number of carbonyl (C=O) groups is 1. The van der Waals surface area contributed by atoms with E-state index in [1.54, 1.807) is 11.3 Å². The maximum absolute atomic E-state index is 12.8. The molecule has 0 atom stereocenters. The molecule has 0 aromatic carbocycles. The molecule has 6 nitrogen and oxygen atoms in total. The van der Waals surface area contributed by atoms with Gasteiger partial charge in [0, 0.05) is 10.9 Å². The van der Waals surface area contributed by atoms with Crippen LogP contribution in [0.1, 0.15) is 55.4 Å². The first kappa shape index (κ1) is 15.7. The molecular weight excluding hydrogens is 324 g/mol. The molecule has 128 valence electrons. The Balaban J connectivity index is 1.57. The average Bonchev–Trinajstić information content (AvgIpc) is 2.97. The summed E-state index contributed by atoms with van der Waals surface area (Å²) in [6.45, 7) is -0.0388. The van der Waals surface area contributed by atoms with Crippen LogP contribution in [0.4, 0.5) is 0 Å². The molecular formula is C17H22N4O2S. The second-order valence-electron chi connectivity index (χ2n) is 6.85. The van der Waals surface area contributed by atoms with Crippen LogP contribution >= 0.6 is 11.3 Å². The molecule has 0 unspecified atom stereocenters. The van der Waals surface area contributed by atoms with Gasteiger partial charge in [-0.25, -0.2) is 4.68 Å². The van der Waals surface area contributed by atoms with Crippen LogP contribution in [-0.2, 0) is 24.2 Å². The van der Waals surface area contributed by atoms with E-state index in [2.05, 4.69) is 15.6 Å². The fourth-order valence-electron chi connectivity index (χ4n) is 3.87. The number of thiophene rings is 1. The molecule has 2 aromatic heterocycles. The molecule has 1 N–H and O–H groups in total. The van der Waals surface area contributed by atoms with Crippen LogP contribution < -0.4 is 10.9 Å². The molecule has 0 bridgehead atoms. The number of nitrogens with one attached hydrogen (secondary N) is 1. The summed E-state index contributed by atoms with van der Waals surface area (Å²) < 4.78 is 1.22. The van der Waals surface area contributed by atoms with Gasteiger partial charge in [-0.2, -0.15) is 0 Å². The van der Waals surface area contributed by atoms with Gasteiger partial charge in [-0.15, -0.1) is 16.4 Å². The lowest BCUT2D eigenvalue weighted by Crippen LogP contribution is -2.40. The first-order chi connectivity index (χ1) is 11.7. The van der Waals surface area contributed by atoms with Gasteiger partial charge in [-0.05, 0) is 44.1 Å². The van der Waals surface area contributed by atoms with Gasteiger partial charge in [0.25, 0.3) is 5.56 Å². The number of fused-ring (bicyclic) bond motifs is 3. The van der Waals surface area contributed by atoms with Gasteiger partial charge < -0.3 is 5.32 Å². The fraction of sp³-hybridized carbons (Fsp3) is 0.647. The highest BCUT2D eigenvalue weighted by atomic mass is 32.1. The normalized spacial score (nSPS) is 18.5. The molecule has 0 spiro atoms. The smallest absolute Gasteiger partial charge is 0.279 e. The summed E-state index contributed by atoms with van der Waals surface area (Å²) in [6, 6.07) is 0.243. The van der Waals surface area contributed by atoms with Crippen molar-refractivity contribution in [2.75, 3.05) is 0 Å². The van der Waals surface area contributed by atoms with Crippen LogP contribution in [0, 0.1) is 0 Å². The lowest BCUT2D eigenvalue weighted by atomic mass is 9.95. The second-order valence-corrected chi connectivity index (χ2v) is 7.93. The Kier molecular flexibility index (Phi) is 4.35. The predicted octanol–water partition coefficient (Wildman–Crippen LogP) is 2.18. The highest BCUT2D eigenvalue weighted by molar-refractivity contribution is 7.18. The van der Waals surface area contributed by atoms with Gasteiger partial charge in [-0.3, -0.25) is 9.59 Å². The van der Waals surface area contributed by atoms with Gasteiger partial charge in [-0.1, -0.05) is 24.5 Å². The summed E-state index contributed by atoms with van der Waals surface area (Å²) in [7, 11) is 0. The Morgan fingerprint density at radius 1 is 1.17 bits per heavy atom. The predicted molar refractivity (Wildman–Crippen MR) is 93.3 cm³/mol. The second kappa shape index (κ2) is 6.63. The number of aryl methyl sites for hydroxylation is 2. The van der Waals surface area contributed by atoms with E-state index in [0.29, 0.717) is 5.39 Å². The minimum atomic E-state index is -0.168. The van der Waals surface area contributed by atoms with Gasteiger partial charge in [0.2, 0.25) is 5.91 Å². The van der Waals surface area contributed by atoms with Crippen molar-refractivity contribution in [1.29, 1.82) is 0 Å². The van der Waals surface area contributed by atoms with E-state index < -0.39 is 0 Å². The van der Waals surface area contributed by atoms with Crippen LogP contribution in [0.15, 0.2) is 4.79 Å². The van der Waals surface area contributed by atoms with Crippen LogP contribution in [0.5, 0.6) is 0 Å². The zero-order valence-electron chi connectivity index (χ0n) is 13.7. The molecule has 0 radical (unpaired) electrons. The van der Waals surface area contributed by atoms with Crippen molar-refractivity contribution in [2.24, 2.45) is 0 Å². The number of hydrogen-bond donors (Lipinski definition) is 1. The lowest BCUT2D eigenvalue weighted by molar-refractivity contribution is -0.122. The topological polar surface area (TPSA) is 76.9 Å². The minimum absolute atomic E-state index is 0.0388. The summed E-state index contributed by atoms with van der Waals surface area (Å²) in [6.07, 6.45) is 9.88. The van der Waals surface area contributed by atoms with Crippen molar-refractivity contribution < 1.29 is 4.79 Å². The molecule has 2 aromatic rings. The summed E-state index contributed by atoms with van der Waals surface area (Å²) >= 11 is 1.58. The van der Waals surface area contributed by atoms with Crippen LogP contribution in [-0.4, -0.2) is 26.9 Å². The van der Waals surface area contributed by atoms with Gasteiger partial charge in [0.15, 0.2) is 4.83 Å². The molecule has 2 aliphatic carbocycles. The SMILES string of the molecule is O=C(Cn1nnc2sc3c(c2c1=O)CCCC3)NC1CCCCC1. The zero-order valence-corrected chi connectivity index (χ0v) is 14.5. The molecule has 2 heterocycles. The Bertz CT molecular complexity index is 820.